The van der Waals surface area contributed by atoms with E-state index in [1.54, 1.807) is 41.3 Å². The standard InChI is InChI=1S/C24H21N5O2/c30-23(26-14-15-27-24(31)20-9-5-12-25-17-20)19-8-4-10-21(16-19)29-22(11-13-28-29)18-6-2-1-3-7-18/h1-13,16-17H,14-15H2,(H,26,30)(H,27,31). The van der Waals surface area contributed by atoms with E-state index in [2.05, 4.69) is 20.7 Å². The van der Waals surface area contributed by atoms with Gasteiger partial charge in [-0.15, -0.1) is 0 Å². The van der Waals surface area contributed by atoms with Crippen molar-refractivity contribution in [3.05, 3.63) is 103 Å². The molecule has 2 aromatic heterocycles. The Balaban J connectivity index is 1.38. The van der Waals surface area contributed by atoms with Gasteiger partial charge in [-0.05, 0) is 36.4 Å². The van der Waals surface area contributed by atoms with Crippen LogP contribution in [-0.4, -0.2) is 39.7 Å². The molecule has 0 saturated heterocycles. The molecule has 2 aromatic carbocycles. The molecule has 154 valence electrons. The SMILES string of the molecule is O=C(NCCNC(=O)c1cccc(-n2nccc2-c2ccccc2)c1)c1cccnc1. The Morgan fingerprint density at radius 3 is 2.26 bits per heavy atom. The van der Waals surface area contributed by atoms with E-state index in [4.69, 9.17) is 0 Å². The van der Waals surface area contributed by atoms with Crippen molar-refractivity contribution in [1.29, 1.82) is 0 Å². The monoisotopic (exact) mass is 411 g/mol. The number of benzene rings is 2. The van der Waals surface area contributed by atoms with Gasteiger partial charge in [-0.25, -0.2) is 4.68 Å². The number of nitrogens with zero attached hydrogens (tertiary/aromatic N) is 3. The molecule has 4 rings (SSSR count). The van der Waals surface area contributed by atoms with Crippen LogP contribution in [0.5, 0.6) is 0 Å². The number of pyridine rings is 1. The van der Waals surface area contributed by atoms with Crippen molar-refractivity contribution in [3.8, 4) is 16.9 Å². The predicted molar refractivity (Wildman–Crippen MR) is 118 cm³/mol. The minimum Gasteiger partial charge on any atom is -0.350 e. The molecule has 7 nitrogen and oxygen atoms in total. The third-order valence-corrected chi connectivity index (χ3v) is 4.69. The second-order valence-electron chi connectivity index (χ2n) is 6.80. The Labute approximate surface area is 179 Å². The number of rotatable bonds is 7. The van der Waals surface area contributed by atoms with Crippen LogP contribution in [-0.2, 0) is 0 Å². The van der Waals surface area contributed by atoms with E-state index in [9.17, 15) is 9.59 Å². The van der Waals surface area contributed by atoms with Gasteiger partial charge in [0.1, 0.15) is 0 Å². The quantitative estimate of drug-likeness (QED) is 0.458. The molecule has 0 unspecified atom stereocenters. The average molecular weight is 411 g/mol. The van der Waals surface area contributed by atoms with Crippen molar-refractivity contribution >= 4 is 11.8 Å². The summed E-state index contributed by atoms with van der Waals surface area (Å²) in [5.41, 5.74) is 3.78. The summed E-state index contributed by atoms with van der Waals surface area (Å²) in [6.07, 6.45) is 4.84. The van der Waals surface area contributed by atoms with E-state index in [0.29, 0.717) is 24.2 Å². The zero-order valence-corrected chi connectivity index (χ0v) is 16.7. The third kappa shape index (κ3) is 4.84. The zero-order chi connectivity index (χ0) is 21.5. The number of hydrogen-bond donors (Lipinski definition) is 2. The van der Waals surface area contributed by atoms with Crippen molar-refractivity contribution in [3.63, 3.8) is 0 Å². The maximum absolute atomic E-state index is 12.6. The van der Waals surface area contributed by atoms with Crippen LogP contribution in [0, 0.1) is 0 Å². The lowest BCUT2D eigenvalue weighted by Crippen LogP contribution is -2.34. The third-order valence-electron chi connectivity index (χ3n) is 4.69. The van der Waals surface area contributed by atoms with Crippen molar-refractivity contribution in [2.75, 3.05) is 13.1 Å². The Kier molecular flexibility index (Phi) is 6.13. The van der Waals surface area contributed by atoms with E-state index in [1.807, 2.05) is 48.5 Å². The van der Waals surface area contributed by atoms with Gasteiger partial charge in [0.05, 0.1) is 23.1 Å². The number of carbonyl (C=O) groups excluding carboxylic acids is 2. The molecule has 0 spiro atoms. The van der Waals surface area contributed by atoms with Gasteiger partial charge in [0.25, 0.3) is 11.8 Å². The summed E-state index contributed by atoms with van der Waals surface area (Å²) >= 11 is 0. The highest BCUT2D eigenvalue weighted by Crippen LogP contribution is 2.22. The molecular formula is C24H21N5O2. The second kappa shape index (κ2) is 9.49. The highest BCUT2D eigenvalue weighted by atomic mass is 16.2. The molecule has 0 radical (unpaired) electrons. The zero-order valence-electron chi connectivity index (χ0n) is 16.7. The molecule has 2 amide bonds. The maximum Gasteiger partial charge on any atom is 0.252 e. The van der Waals surface area contributed by atoms with E-state index in [1.165, 1.54) is 6.20 Å². The van der Waals surface area contributed by atoms with E-state index in [-0.39, 0.29) is 11.8 Å². The number of hydrogen-bond acceptors (Lipinski definition) is 4. The van der Waals surface area contributed by atoms with Gasteiger partial charge in [0.2, 0.25) is 0 Å². The van der Waals surface area contributed by atoms with Crippen LogP contribution >= 0.6 is 0 Å². The van der Waals surface area contributed by atoms with Gasteiger partial charge in [-0.2, -0.15) is 5.10 Å². The van der Waals surface area contributed by atoms with Crippen molar-refractivity contribution in [2.24, 2.45) is 0 Å². The summed E-state index contributed by atoms with van der Waals surface area (Å²) in [4.78, 5) is 28.5. The molecule has 0 fully saturated rings. The van der Waals surface area contributed by atoms with Crippen molar-refractivity contribution < 1.29 is 9.59 Å². The summed E-state index contributed by atoms with van der Waals surface area (Å²) in [5.74, 6) is -0.442. The molecule has 31 heavy (non-hydrogen) atoms. The predicted octanol–water partition coefficient (Wildman–Crippen LogP) is 3.09. The number of nitrogens with one attached hydrogen (secondary N) is 2. The first-order chi connectivity index (χ1) is 15.2. The van der Waals surface area contributed by atoms with Crippen LogP contribution in [0.4, 0.5) is 0 Å². The van der Waals surface area contributed by atoms with Gasteiger partial charge >= 0.3 is 0 Å². The molecular weight excluding hydrogens is 390 g/mol. The molecule has 0 aliphatic carbocycles. The van der Waals surface area contributed by atoms with Gasteiger partial charge in [-0.1, -0.05) is 36.4 Å². The highest BCUT2D eigenvalue weighted by molar-refractivity contribution is 5.95. The van der Waals surface area contributed by atoms with E-state index in [0.717, 1.165) is 16.9 Å². The Hall–Kier alpha value is -4.26. The van der Waals surface area contributed by atoms with Crippen LogP contribution < -0.4 is 10.6 Å². The second-order valence-corrected chi connectivity index (χ2v) is 6.80. The van der Waals surface area contributed by atoms with E-state index >= 15 is 0 Å². The topological polar surface area (TPSA) is 88.9 Å². The van der Waals surface area contributed by atoms with Crippen LogP contribution in [0.2, 0.25) is 0 Å². The summed E-state index contributed by atoms with van der Waals surface area (Å²) in [6, 6.07) is 22.6. The first-order valence-electron chi connectivity index (χ1n) is 9.89. The van der Waals surface area contributed by atoms with Crippen molar-refractivity contribution in [2.45, 2.75) is 0 Å². The highest BCUT2D eigenvalue weighted by Gasteiger charge is 2.11. The molecule has 0 bridgehead atoms. The first kappa shape index (κ1) is 20.0. The lowest BCUT2D eigenvalue weighted by atomic mass is 10.1. The first-order valence-corrected chi connectivity index (χ1v) is 9.89. The minimum absolute atomic E-state index is 0.217. The smallest absolute Gasteiger partial charge is 0.252 e. The molecule has 0 saturated carbocycles. The molecule has 4 aromatic rings. The normalized spacial score (nSPS) is 10.5. The molecule has 0 aliphatic heterocycles. The van der Waals surface area contributed by atoms with Gasteiger partial charge in [0, 0.05) is 36.6 Å². The van der Waals surface area contributed by atoms with Crippen LogP contribution in [0.1, 0.15) is 20.7 Å². The van der Waals surface area contributed by atoms with Gasteiger partial charge < -0.3 is 10.6 Å². The molecule has 2 N–H and O–H groups in total. The summed E-state index contributed by atoms with van der Waals surface area (Å²) in [6.45, 7) is 0.628. The fourth-order valence-corrected chi connectivity index (χ4v) is 3.17. The minimum atomic E-state index is -0.225. The van der Waals surface area contributed by atoms with Crippen LogP contribution in [0.15, 0.2) is 91.4 Å². The van der Waals surface area contributed by atoms with Crippen LogP contribution in [0.25, 0.3) is 16.9 Å². The molecule has 0 aliphatic rings. The fourth-order valence-electron chi connectivity index (χ4n) is 3.17. The summed E-state index contributed by atoms with van der Waals surface area (Å²) in [5, 5.41) is 10.0. The summed E-state index contributed by atoms with van der Waals surface area (Å²) in [7, 11) is 0. The summed E-state index contributed by atoms with van der Waals surface area (Å²) < 4.78 is 1.81. The Morgan fingerprint density at radius 2 is 1.52 bits per heavy atom. The maximum atomic E-state index is 12.6. The number of aromatic nitrogens is 3. The van der Waals surface area contributed by atoms with E-state index < -0.39 is 0 Å². The molecule has 7 heteroatoms. The average Bonchev–Trinajstić information content (AvgIpc) is 3.33. The lowest BCUT2D eigenvalue weighted by Gasteiger charge is -2.10. The Bertz CT molecular complexity index is 1170. The number of amides is 2. The largest absolute Gasteiger partial charge is 0.350 e. The van der Waals surface area contributed by atoms with Gasteiger partial charge in [0.15, 0.2) is 0 Å². The number of carbonyl (C=O) groups is 2. The Morgan fingerprint density at radius 1 is 0.774 bits per heavy atom. The molecule has 2 heterocycles. The van der Waals surface area contributed by atoms with Crippen LogP contribution in [0.3, 0.4) is 0 Å². The lowest BCUT2D eigenvalue weighted by molar-refractivity contribution is 0.0927. The molecule has 0 atom stereocenters. The van der Waals surface area contributed by atoms with Gasteiger partial charge in [-0.3, -0.25) is 14.6 Å². The van der Waals surface area contributed by atoms with Crippen molar-refractivity contribution in [1.82, 2.24) is 25.4 Å². The fraction of sp³-hybridized carbons (Fsp3) is 0.0833.